The van der Waals surface area contributed by atoms with Crippen molar-refractivity contribution in [1.29, 1.82) is 0 Å². The summed E-state index contributed by atoms with van der Waals surface area (Å²) >= 11 is 0. The largest absolute Gasteiger partial charge is 0.376 e. The van der Waals surface area contributed by atoms with Crippen molar-refractivity contribution in [1.82, 2.24) is 5.16 Å². The van der Waals surface area contributed by atoms with Gasteiger partial charge in [0.25, 0.3) is 0 Å². The first-order valence-electron chi connectivity index (χ1n) is 7.82. The number of nitrogens with zero attached hydrogens (tertiary/aromatic N) is 1. The van der Waals surface area contributed by atoms with E-state index in [9.17, 15) is 4.79 Å². The summed E-state index contributed by atoms with van der Waals surface area (Å²) in [5.41, 5.74) is 1.88. The van der Waals surface area contributed by atoms with E-state index in [2.05, 4.69) is 10.5 Å². The first-order valence-corrected chi connectivity index (χ1v) is 7.82. The third-order valence-corrected chi connectivity index (χ3v) is 3.70. The summed E-state index contributed by atoms with van der Waals surface area (Å²) < 4.78 is 10.9. The minimum absolute atomic E-state index is 0.105. The standard InChI is InChI=1S/C18H24N2O3/c1-5-15-16(13(2)23-20-15)19-17(21)18(3,4)12-22-11-14-9-7-6-8-10-14/h6-10H,5,11-12H2,1-4H3,(H,19,21). The lowest BCUT2D eigenvalue weighted by molar-refractivity contribution is -0.127. The van der Waals surface area contributed by atoms with Crippen LogP contribution in [0.25, 0.3) is 0 Å². The molecule has 1 amide bonds. The number of carbonyl (C=O) groups excluding carboxylic acids is 1. The van der Waals surface area contributed by atoms with Gasteiger partial charge in [0.1, 0.15) is 11.4 Å². The highest BCUT2D eigenvalue weighted by Gasteiger charge is 2.29. The van der Waals surface area contributed by atoms with Crippen LogP contribution in [0.4, 0.5) is 5.69 Å². The predicted molar refractivity (Wildman–Crippen MR) is 89.1 cm³/mol. The molecule has 1 heterocycles. The summed E-state index contributed by atoms with van der Waals surface area (Å²) in [7, 11) is 0. The summed E-state index contributed by atoms with van der Waals surface area (Å²) in [6.45, 7) is 8.31. The normalized spacial score (nSPS) is 11.5. The van der Waals surface area contributed by atoms with Crippen molar-refractivity contribution in [3.8, 4) is 0 Å². The summed E-state index contributed by atoms with van der Waals surface area (Å²) in [6, 6.07) is 9.91. The maximum Gasteiger partial charge on any atom is 0.232 e. The van der Waals surface area contributed by atoms with Crippen LogP contribution in [0.2, 0.25) is 0 Å². The van der Waals surface area contributed by atoms with Crippen LogP contribution in [0.3, 0.4) is 0 Å². The van der Waals surface area contributed by atoms with E-state index < -0.39 is 5.41 Å². The molecule has 0 saturated carbocycles. The van der Waals surface area contributed by atoms with Crippen LogP contribution in [-0.2, 0) is 22.6 Å². The molecule has 1 aromatic heterocycles. The second-order valence-electron chi connectivity index (χ2n) is 6.23. The van der Waals surface area contributed by atoms with Crippen molar-refractivity contribution in [3.05, 3.63) is 47.3 Å². The lowest BCUT2D eigenvalue weighted by atomic mass is 9.93. The van der Waals surface area contributed by atoms with Crippen molar-refractivity contribution < 1.29 is 14.1 Å². The Morgan fingerprint density at radius 1 is 1.30 bits per heavy atom. The average molecular weight is 316 g/mol. The van der Waals surface area contributed by atoms with E-state index >= 15 is 0 Å². The zero-order valence-corrected chi connectivity index (χ0v) is 14.2. The second-order valence-corrected chi connectivity index (χ2v) is 6.23. The van der Waals surface area contributed by atoms with Gasteiger partial charge in [-0.25, -0.2) is 0 Å². The summed E-state index contributed by atoms with van der Waals surface area (Å²) in [5, 5.41) is 6.87. The molecule has 5 nitrogen and oxygen atoms in total. The molecule has 0 spiro atoms. The number of aromatic nitrogens is 1. The maximum atomic E-state index is 12.5. The van der Waals surface area contributed by atoms with Gasteiger partial charge in [0.2, 0.25) is 5.91 Å². The van der Waals surface area contributed by atoms with Crippen molar-refractivity contribution in [2.24, 2.45) is 5.41 Å². The average Bonchev–Trinajstić information content (AvgIpc) is 2.88. The Labute approximate surface area is 137 Å². The smallest absolute Gasteiger partial charge is 0.232 e. The van der Waals surface area contributed by atoms with E-state index in [-0.39, 0.29) is 5.91 Å². The van der Waals surface area contributed by atoms with Gasteiger partial charge in [-0.3, -0.25) is 4.79 Å². The molecule has 1 N–H and O–H groups in total. The van der Waals surface area contributed by atoms with E-state index in [1.54, 1.807) is 6.92 Å². The van der Waals surface area contributed by atoms with Crippen molar-refractivity contribution >= 4 is 11.6 Å². The molecular weight excluding hydrogens is 292 g/mol. The van der Waals surface area contributed by atoms with Gasteiger partial charge in [0.05, 0.1) is 18.6 Å². The third kappa shape index (κ3) is 4.42. The lowest BCUT2D eigenvalue weighted by Crippen LogP contribution is -2.35. The van der Waals surface area contributed by atoms with Gasteiger partial charge >= 0.3 is 0 Å². The quantitative estimate of drug-likeness (QED) is 0.845. The molecule has 0 bridgehead atoms. The number of benzene rings is 1. The fraction of sp³-hybridized carbons (Fsp3) is 0.444. The van der Waals surface area contributed by atoms with E-state index in [0.717, 1.165) is 11.3 Å². The molecule has 0 atom stereocenters. The Bertz CT molecular complexity index is 648. The van der Waals surface area contributed by atoms with Crippen LogP contribution in [0.15, 0.2) is 34.9 Å². The van der Waals surface area contributed by atoms with Gasteiger partial charge in [0.15, 0.2) is 5.76 Å². The Kier molecular flexibility index (Phi) is 5.55. The fourth-order valence-electron chi connectivity index (χ4n) is 2.17. The van der Waals surface area contributed by atoms with Crippen LogP contribution in [0.5, 0.6) is 0 Å². The highest BCUT2D eigenvalue weighted by molar-refractivity contribution is 5.95. The molecule has 0 radical (unpaired) electrons. The van der Waals surface area contributed by atoms with Crippen molar-refractivity contribution in [3.63, 3.8) is 0 Å². The molecule has 0 aliphatic rings. The fourth-order valence-corrected chi connectivity index (χ4v) is 2.17. The molecule has 23 heavy (non-hydrogen) atoms. The molecule has 0 aliphatic heterocycles. The van der Waals surface area contributed by atoms with Gasteiger partial charge in [0, 0.05) is 0 Å². The number of carbonyl (C=O) groups is 1. The Balaban J connectivity index is 1.93. The maximum absolute atomic E-state index is 12.5. The number of hydrogen-bond acceptors (Lipinski definition) is 4. The number of anilines is 1. The Morgan fingerprint density at radius 2 is 2.00 bits per heavy atom. The second kappa shape index (κ2) is 7.42. The van der Waals surface area contributed by atoms with Crippen LogP contribution < -0.4 is 5.32 Å². The number of aryl methyl sites for hydroxylation is 2. The Morgan fingerprint density at radius 3 is 2.65 bits per heavy atom. The van der Waals surface area contributed by atoms with Gasteiger partial charge in [-0.15, -0.1) is 0 Å². The zero-order valence-electron chi connectivity index (χ0n) is 14.2. The minimum atomic E-state index is -0.649. The molecule has 1 aromatic carbocycles. The van der Waals surface area contributed by atoms with E-state index in [1.807, 2.05) is 51.1 Å². The van der Waals surface area contributed by atoms with E-state index in [1.165, 1.54) is 0 Å². The highest BCUT2D eigenvalue weighted by atomic mass is 16.5. The molecule has 0 fully saturated rings. The molecule has 0 aliphatic carbocycles. The van der Waals surface area contributed by atoms with Gasteiger partial charge in [-0.1, -0.05) is 42.4 Å². The number of rotatable bonds is 7. The van der Waals surface area contributed by atoms with Crippen LogP contribution in [0.1, 0.15) is 37.8 Å². The summed E-state index contributed by atoms with van der Waals surface area (Å²) in [5.74, 6) is 0.516. The molecule has 0 saturated heterocycles. The summed E-state index contributed by atoms with van der Waals surface area (Å²) in [4.78, 5) is 12.5. The molecule has 5 heteroatoms. The van der Waals surface area contributed by atoms with Crippen LogP contribution in [0, 0.1) is 12.3 Å². The van der Waals surface area contributed by atoms with E-state index in [0.29, 0.717) is 31.1 Å². The number of nitrogens with one attached hydrogen (secondary N) is 1. The molecule has 2 rings (SSSR count). The number of ether oxygens (including phenoxy) is 1. The first-order chi connectivity index (χ1) is 10.9. The van der Waals surface area contributed by atoms with Crippen LogP contribution >= 0.6 is 0 Å². The molecule has 2 aromatic rings. The SMILES string of the molecule is CCc1noc(C)c1NC(=O)C(C)(C)COCc1ccccc1. The van der Waals surface area contributed by atoms with Crippen molar-refractivity contribution in [2.75, 3.05) is 11.9 Å². The monoisotopic (exact) mass is 316 g/mol. The molecule has 124 valence electrons. The topological polar surface area (TPSA) is 64.4 Å². The predicted octanol–water partition coefficient (Wildman–Crippen LogP) is 3.73. The van der Waals surface area contributed by atoms with E-state index in [4.69, 9.17) is 9.26 Å². The minimum Gasteiger partial charge on any atom is -0.376 e. The van der Waals surface area contributed by atoms with Crippen molar-refractivity contribution in [2.45, 2.75) is 40.7 Å². The lowest BCUT2D eigenvalue weighted by Gasteiger charge is -2.23. The zero-order chi connectivity index (χ0) is 16.9. The first kappa shape index (κ1) is 17.2. The number of hydrogen-bond donors (Lipinski definition) is 1. The number of amides is 1. The highest BCUT2D eigenvalue weighted by Crippen LogP contribution is 2.24. The molecular formula is C18H24N2O3. The van der Waals surface area contributed by atoms with Gasteiger partial charge in [-0.2, -0.15) is 0 Å². The molecule has 0 unspecified atom stereocenters. The van der Waals surface area contributed by atoms with Crippen LogP contribution in [-0.4, -0.2) is 17.7 Å². The van der Waals surface area contributed by atoms with Gasteiger partial charge in [-0.05, 0) is 32.8 Å². The summed E-state index contributed by atoms with van der Waals surface area (Å²) in [6.07, 6.45) is 0.706. The third-order valence-electron chi connectivity index (χ3n) is 3.70. The van der Waals surface area contributed by atoms with Gasteiger partial charge < -0.3 is 14.6 Å². The Hall–Kier alpha value is -2.14.